The van der Waals surface area contributed by atoms with Gasteiger partial charge in [0.15, 0.2) is 12.1 Å². The van der Waals surface area contributed by atoms with E-state index in [1.807, 2.05) is 13.8 Å². The Labute approximate surface area is 84.1 Å². The zero-order valence-electron chi connectivity index (χ0n) is 9.11. The van der Waals surface area contributed by atoms with Gasteiger partial charge in [0, 0.05) is 6.42 Å². The Balaban J connectivity index is 2.00. The largest absolute Gasteiger partial charge is 0.388 e. The van der Waals surface area contributed by atoms with E-state index in [2.05, 4.69) is 0 Å². The number of hydrogen-bond acceptors (Lipinski definition) is 4. The molecule has 0 saturated carbocycles. The molecule has 0 aromatic carbocycles. The van der Waals surface area contributed by atoms with E-state index < -0.39 is 11.4 Å². The zero-order valence-corrected chi connectivity index (χ0v) is 9.11. The maximum absolute atomic E-state index is 9.77. The van der Waals surface area contributed by atoms with Crippen molar-refractivity contribution in [3.63, 3.8) is 0 Å². The summed E-state index contributed by atoms with van der Waals surface area (Å²) in [5.41, 5.74) is -0.832. The Hall–Kier alpha value is -0.160. The van der Waals surface area contributed by atoms with Crippen molar-refractivity contribution in [1.29, 1.82) is 0 Å². The molecule has 4 nitrogen and oxygen atoms in total. The van der Waals surface area contributed by atoms with Crippen LogP contribution in [0.1, 0.15) is 34.1 Å². The fraction of sp³-hybridized carbons (Fsp3) is 1.00. The standard InChI is InChI=1S/C10H18O4/c1-9(2,11)7-5-6-8(12-7)14-10(3,4)13-6/h6-8,11H,5H2,1-4H3/t6-,7+,8-/m1/s1. The summed E-state index contributed by atoms with van der Waals surface area (Å²) in [4.78, 5) is 0. The first-order valence-corrected chi connectivity index (χ1v) is 5.01. The Morgan fingerprint density at radius 2 is 1.93 bits per heavy atom. The average molecular weight is 202 g/mol. The molecule has 0 aromatic rings. The summed E-state index contributed by atoms with van der Waals surface area (Å²) in [6, 6.07) is 0. The van der Waals surface area contributed by atoms with Crippen LogP contribution in [0, 0.1) is 0 Å². The summed E-state index contributed by atoms with van der Waals surface area (Å²) in [6.45, 7) is 7.22. The molecule has 0 aromatic heterocycles. The van der Waals surface area contributed by atoms with Crippen LogP contribution < -0.4 is 0 Å². The maximum Gasteiger partial charge on any atom is 0.187 e. The predicted octanol–water partition coefficient (Wildman–Crippen LogP) is 1.02. The molecule has 0 unspecified atom stereocenters. The summed E-state index contributed by atoms with van der Waals surface area (Å²) in [5.74, 6) is -0.556. The Bertz CT molecular complexity index is 215. The maximum atomic E-state index is 9.77. The Morgan fingerprint density at radius 1 is 1.29 bits per heavy atom. The van der Waals surface area contributed by atoms with Crippen molar-refractivity contribution in [2.75, 3.05) is 0 Å². The van der Waals surface area contributed by atoms with Crippen LogP contribution in [0.25, 0.3) is 0 Å². The molecule has 0 aliphatic carbocycles. The van der Waals surface area contributed by atoms with E-state index in [9.17, 15) is 5.11 Å². The van der Waals surface area contributed by atoms with E-state index in [0.717, 1.165) is 0 Å². The summed E-state index contributed by atoms with van der Waals surface area (Å²) in [7, 11) is 0. The molecule has 82 valence electrons. The summed E-state index contributed by atoms with van der Waals surface area (Å²) in [6.07, 6.45) is 0.133. The van der Waals surface area contributed by atoms with E-state index in [4.69, 9.17) is 14.2 Å². The quantitative estimate of drug-likeness (QED) is 0.689. The molecule has 0 bridgehead atoms. The van der Waals surface area contributed by atoms with Gasteiger partial charge in [0.2, 0.25) is 0 Å². The van der Waals surface area contributed by atoms with Crippen molar-refractivity contribution in [2.24, 2.45) is 0 Å². The van der Waals surface area contributed by atoms with Crippen molar-refractivity contribution in [3.05, 3.63) is 0 Å². The minimum Gasteiger partial charge on any atom is -0.388 e. The molecule has 0 amide bonds. The summed E-state index contributed by atoms with van der Waals surface area (Å²) >= 11 is 0. The van der Waals surface area contributed by atoms with Gasteiger partial charge >= 0.3 is 0 Å². The second-order valence-electron chi connectivity index (χ2n) is 5.06. The fourth-order valence-corrected chi connectivity index (χ4v) is 1.96. The molecular weight excluding hydrogens is 184 g/mol. The lowest BCUT2D eigenvalue weighted by atomic mass is 9.99. The molecule has 2 aliphatic heterocycles. The van der Waals surface area contributed by atoms with E-state index in [0.29, 0.717) is 6.42 Å². The molecule has 0 spiro atoms. The Kier molecular flexibility index (Phi) is 2.16. The van der Waals surface area contributed by atoms with E-state index in [1.54, 1.807) is 13.8 Å². The third kappa shape index (κ3) is 1.80. The highest BCUT2D eigenvalue weighted by atomic mass is 16.8. The van der Waals surface area contributed by atoms with Crippen molar-refractivity contribution in [2.45, 2.75) is 64.0 Å². The van der Waals surface area contributed by atoms with Gasteiger partial charge in [-0.1, -0.05) is 0 Å². The number of rotatable bonds is 1. The fourth-order valence-electron chi connectivity index (χ4n) is 1.96. The summed E-state index contributed by atoms with van der Waals surface area (Å²) in [5, 5.41) is 9.77. The van der Waals surface area contributed by atoms with Crippen LogP contribution in [0.5, 0.6) is 0 Å². The predicted molar refractivity (Wildman–Crippen MR) is 49.6 cm³/mol. The molecule has 2 saturated heterocycles. The van der Waals surface area contributed by atoms with Gasteiger partial charge in [-0.15, -0.1) is 0 Å². The molecule has 0 radical (unpaired) electrons. The van der Waals surface area contributed by atoms with Crippen LogP contribution in [-0.2, 0) is 14.2 Å². The third-order valence-corrected chi connectivity index (χ3v) is 2.67. The molecule has 2 heterocycles. The number of hydrogen-bond donors (Lipinski definition) is 1. The van der Waals surface area contributed by atoms with Gasteiger partial charge in [-0.25, -0.2) is 0 Å². The smallest absolute Gasteiger partial charge is 0.187 e. The van der Waals surface area contributed by atoms with Crippen molar-refractivity contribution in [1.82, 2.24) is 0 Å². The molecule has 4 heteroatoms. The first-order valence-electron chi connectivity index (χ1n) is 5.01. The molecule has 3 atom stereocenters. The minimum absolute atomic E-state index is 0.0403. The van der Waals surface area contributed by atoms with E-state index >= 15 is 0 Å². The van der Waals surface area contributed by atoms with Crippen LogP contribution in [0.4, 0.5) is 0 Å². The van der Waals surface area contributed by atoms with Crippen LogP contribution in [0.15, 0.2) is 0 Å². The topological polar surface area (TPSA) is 47.9 Å². The Morgan fingerprint density at radius 3 is 2.43 bits per heavy atom. The van der Waals surface area contributed by atoms with Gasteiger partial charge in [0.25, 0.3) is 0 Å². The third-order valence-electron chi connectivity index (χ3n) is 2.67. The van der Waals surface area contributed by atoms with Crippen LogP contribution in [-0.4, -0.2) is 35.0 Å². The van der Waals surface area contributed by atoms with Gasteiger partial charge in [-0.2, -0.15) is 0 Å². The minimum atomic E-state index is -0.832. The highest BCUT2D eigenvalue weighted by molar-refractivity contribution is 4.91. The molecule has 2 aliphatic rings. The lowest BCUT2D eigenvalue weighted by Gasteiger charge is -2.27. The van der Waals surface area contributed by atoms with E-state index in [1.165, 1.54) is 0 Å². The molecular formula is C10H18O4. The molecule has 1 N–H and O–H groups in total. The second kappa shape index (κ2) is 2.92. The normalized spacial score (nSPS) is 41.4. The highest BCUT2D eigenvalue weighted by Gasteiger charge is 2.51. The number of ether oxygens (including phenoxy) is 3. The lowest BCUT2D eigenvalue weighted by molar-refractivity contribution is -0.222. The lowest BCUT2D eigenvalue weighted by Crippen LogP contribution is -2.37. The van der Waals surface area contributed by atoms with Crippen molar-refractivity contribution in [3.8, 4) is 0 Å². The van der Waals surface area contributed by atoms with Gasteiger partial charge in [-0.05, 0) is 27.7 Å². The van der Waals surface area contributed by atoms with Crippen LogP contribution in [0.3, 0.4) is 0 Å². The van der Waals surface area contributed by atoms with Crippen LogP contribution in [0.2, 0.25) is 0 Å². The van der Waals surface area contributed by atoms with Gasteiger partial charge < -0.3 is 19.3 Å². The van der Waals surface area contributed by atoms with Crippen LogP contribution >= 0.6 is 0 Å². The van der Waals surface area contributed by atoms with E-state index in [-0.39, 0.29) is 18.5 Å². The molecule has 2 fully saturated rings. The van der Waals surface area contributed by atoms with Gasteiger partial charge in [0.05, 0.1) is 11.7 Å². The molecule has 2 rings (SSSR count). The van der Waals surface area contributed by atoms with Crippen molar-refractivity contribution < 1.29 is 19.3 Å². The highest BCUT2D eigenvalue weighted by Crippen LogP contribution is 2.39. The van der Waals surface area contributed by atoms with Gasteiger partial charge in [0.1, 0.15) is 6.10 Å². The summed E-state index contributed by atoms with van der Waals surface area (Å²) < 4.78 is 16.8. The molecule has 14 heavy (non-hydrogen) atoms. The number of aliphatic hydroxyl groups is 1. The SMILES string of the molecule is CC1(C)O[C@H]2O[C@H](C(C)(C)O)C[C@H]2O1. The second-order valence-corrected chi connectivity index (χ2v) is 5.06. The zero-order chi connectivity index (χ0) is 10.6. The number of fused-ring (bicyclic) bond motifs is 1. The van der Waals surface area contributed by atoms with Gasteiger partial charge in [-0.3, -0.25) is 0 Å². The monoisotopic (exact) mass is 202 g/mol. The first-order chi connectivity index (χ1) is 6.28. The average Bonchev–Trinajstić information content (AvgIpc) is 2.37. The van der Waals surface area contributed by atoms with Crippen molar-refractivity contribution >= 4 is 0 Å². The first kappa shape index (κ1) is 10.4.